The summed E-state index contributed by atoms with van der Waals surface area (Å²) in [6, 6.07) is 19.7. The van der Waals surface area contributed by atoms with Crippen molar-refractivity contribution in [3.8, 4) is 17.2 Å². The molecule has 0 atom stereocenters. The zero-order chi connectivity index (χ0) is 28.0. The summed E-state index contributed by atoms with van der Waals surface area (Å²) in [6.07, 6.45) is -4.70. The van der Waals surface area contributed by atoms with Crippen molar-refractivity contribution in [3.63, 3.8) is 0 Å². The van der Waals surface area contributed by atoms with Crippen molar-refractivity contribution in [1.82, 2.24) is 0 Å². The quantitative estimate of drug-likeness (QED) is 0.135. The molecular weight excluding hydrogens is 522 g/mol. The van der Waals surface area contributed by atoms with Crippen LogP contribution in [0.4, 0.5) is 39.4 Å². The van der Waals surface area contributed by atoms with Crippen LogP contribution in [0, 0.1) is 15.9 Å². The van der Waals surface area contributed by atoms with Crippen LogP contribution >= 0.6 is 0 Å². The van der Waals surface area contributed by atoms with Crippen molar-refractivity contribution >= 4 is 23.1 Å². The highest BCUT2D eigenvalue weighted by Gasteiger charge is 2.31. The lowest BCUT2D eigenvalue weighted by Gasteiger charge is -2.12. The first kappa shape index (κ1) is 26.9. The Labute approximate surface area is 219 Å². The van der Waals surface area contributed by atoms with Gasteiger partial charge in [-0.25, -0.2) is 9.18 Å². The molecule has 0 fully saturated rings. The van der Waals surface area contributed by atoms with Gasteiger partial charge in [0.2, 0.25) is 5.75 Å². The van der Waals surface area contributed by atoms with Crippen molar-refractivity contribution in [3.05, 3.63) is 118 Å². The van der Waals surface area contributed by atoms with Crippen molar-refractivity contribution < 1.29 is 36.8 Å². The average Bonchev–Trinajstić information content (AvgIpc) is 2.90. The van der Waals surface area contributed by atoms with Gasteiger partial charge >= 0.3 is 17.9 Å². The van der Waals surface area contributed by atoms with Crippen LogP contribution < -0.4 is 20.1 Å². The fourth-order valence-electron chi connectivity index (χ4n) is 3.38. The molecule has 0 unspecified atom stereocenters. The van der Waals surface area contributed by atoms with Crippen LogP contribution in [0.1, 0.15) is 11.1 Å². The summed E-state index contributed by atoms with van der Waals surface area (Å²) >= 11 is 0. The lowest BCUT2D eigenvalue weighted by atomic mass is 10.2. The third kappa shape index (κ3) is 7.22. The Hall–Kier alpha value is -5.13. The van der Waals surface area contributed by atoms with Crippen LogP contribution in [0.15, 0.2) is 91.0 Å². The predicted molar refractivity (Wildman–Crippen MR) is 134 cm³/mol. The number of nitro groups is 1. The number of nitro benzene ring substituents is 1. The molecule has 0 bridgehead atoms. The summed E-state index contributed by atoms with van der Waals surface area (Å²) in [6.45, 7) is 0.109. The molecule has 0 aliphatic rings. The third-order valence-electron chi connectivity index (χ3n) is 5.25. The number of ether oxygens (including phenoxy) is 2. The van der Waals surface area contributed by atoms with Gasteiger partial charge in [0.25, 0.3) is 0 Å². The van der Waals surface area contributed by atoms with Crippen LogP contribution in [0.5, 0.6) is 17.2 Å². The zero-order valence-electron chi connectivity index (χ0n) is 19.9. The molecule has 2 N–H and O–H groups in total. The number of carbonyl (C=O) groups excluding carboxylic acids is 1. The van der Waals surface area contributed by atoms with E-state index in [0.717, 1.165) is 5.56 Å². The fraction of sp³-hybridized carbons (Fsp3) is 0.0741. The molecule has 0 spiro atoms. The van der Waals surface area contributed by atoms with Gasteiger partial charge < -0.3 is 20.1 Å². The van der Waals surface area contributed by atoms with E-state index in [0.29, 0.717) is 23.9 Å². The molecule has 200 valence electrons. The zero-order valence-corrected chi connectivity index (χ0v) is 19.9. The van der Waals surface area contributed by atoms with Gasteiger partial charge in [-0.05, 0) is 54.1 Å². The molecular formula is C27H19F4N3O5. The van der Waals surface area contributed by atoms with Crippen LogP contribution in [0.3, 0.4) is 0 Å². The van der Waals surface area contributed by atoms with Gasteiger partial charge in [0, 0.05) is 17.8 Å². The minimum atomic E-state index is -4.70. The number of halogens is 4. The average molecular weight is 541 g/mol. The second kappa shape index (κ2) is 11.5. The Balaban J connectivity index is 1.40. The van der Waals surface area contributed by atoms with E-state index in [2.05, 4.69) is 5.32 Å². The number of nitrogens with one attached hydrogen (secondary N) is 2. The second-order valence-electron chi connectivity index (χ2n) is 8.06. The number of urea groups is 1. The van der Waals surface area contributed by atoms with E-state index in [1.54, 1.807) is 0 Å². The fourth-order valence-corrected chi connectivity index (χ4v) is 3.38. The van der Waals surface area contributed by atoms with Gasteiger partial charge in [-0.15, -0.1) is 0 Å². The molecule has 0 heterocycles. The largest absolute Gasteiger partial charge is 0.482 e. The van der Waals surface area contributed by atoms with E-state index in [-0.39, 0.29) is 29.5 Å². The number of carbonyl (C=O) groups is 1. The summed E-state index contributed by atoms with van der Waals surface area (Å²) in [5, 5.41) is 15.8. The number of hydrogen-bond acceptors (Lipinski definition) is 5. The number of benzene rings is 4. The Morgan fingerprint density at radius 3 is 2.23 bits per heavy atom. The van der Waals surface area contributed by atoms with E-state index in [1.807, 2.05) is 35.6 Å². The van der Waals surface area contributed by atoms with Crippen molar-refractivity contribution in [2.24, 2.45) is 0 Å². The molecule has 0 saturated heterocycles. The lowest BCUT2D eigenvalue weighted by Crippen LogP contribution is -2.20. The topological polar surface area (TPSA) is 103 Å². The molecule has 0 saturated carbocycles. The smallest absolute Gasteiger partial charge is 0.416 e. The second-order valence-corrected chi connectivity index (χ2v) is 8.06. The van der Waals surface area contributed by atoms with Gasteiger partial charge in [0.05, 0.1) is 16.2 Å². The summed E-state index contributed by atoms with van der Waals surface area (Å²) < 4.78 is 63.8. The number of rotatable bonds is 8. The number of amides is 2. The monoisotopic (exact) mass is 541 g/mol. The predicted octanol–water partition coefficient (Wildman–Crippen LogP) is 7.77. The summed E-state index contributed by atoms with van der Waals surface area (Å²) in [5.74, 6) is -0.454. The minimum absolute atomic E-state index is 0.0122. The maximum absolute atomic E-state index is 13.9. The normalized spacial score (nSPS) is 11.0. The standard InChI is InChI=1S/C27H19F4N3O5/c28-22-12-6-18(27(29,30)31)14-23(22)33-26(35)32-19-7-9-20(10-8-19)39-21-11-13-24(34(36)37)25(15-21)38-16-17-4-2-1-3-5-17/h1-15H,16H2,(H2,32,33,35). The SMILES string of the molecule is O=C(Nc1ccc(Oc2ccc([N+](=O)[O-])c(OCc3ccccc3)c2)cc1)Nc1cc(C(F)(F)F)ccc1F. The van der Waals surface area contributed by atoms with E-state index in [4.69, 9.17) is 9.47 Å². The Morgan fingerprint density at radius 1 is 0.872 bits per heavy atom. The minimum Gasteiger partial charge on any atom is -0.482 e. The summed E-state index contributed by atoms with van der Waals surface area (Å²) in [5.41, 5.74) is -0.920. The van der Waals surface area contributed by atoms with Crippen molar-refractivity contribution in [1.29, 1.82) is 0 Å². The van der Waals surface area contributed by atoms with E-state index < -0.39 is 34.2 Å². The van der Waals surface area contributed by atoms with Crippen LogP contribution in [-0.2, 0) is 12.8 Å². The number of nitrogens with zero attached hydrogens (tertiary/aromatic N) is 1. The molecule has 0 aromatic heterocycles. The molecule has 4 rings (SSSR count). The molecule has 39 heavy (non-hydrogen) atoms. The summed E-state index contributed by atoms with van der Waals surface area (Å²) in [4.78, 5) is 23.0. The van der Waals surface area contributed by atoms with Crippen molar-refractivity contribution in [2.75, 3.05) is 10.6 Å². The van der Waals surface area contributed by atoms with Crippen LogP contribution in [0.25, 0.3) is 0 Å². The van der Waals surface area contributed by atoms with Crippen LogP contribution in [0.2, 0.25) is 0 Å². The molecule has 4 aromatic rings. The summed E-state index contributed by atoms with van der Waals surface area (Å²) in [7, 11) is 0. The number of anilines is 2. The highest BCUT2D eigenvalue weighted by molar-refractivity contribution is 5.99. The molecule has 0 aliphatic carbocycles. The Bertz CT molecular complexity index is 1480. The van der Waals surface area contributed by atoms with Gasteiger partial charge in [-0.2, -0.15) is 13.2 Å². The molecule has 8 nitrogen and oxygen atoms in total. The lowest BCUT2D eigenvalue weighted by molar-refractivity contribution is -0.386. The molecule has 4 aromatic carbocycles. The maximum atomic E-state index is 13.9. The Kier molecular flexibility index (Phi) is 7.94. The molecule has 2 amide bonds. The van der Waals surface area contributed by atoms with E-state index in [9.17, 15) is 32.5 Å². The van der Waals surface area contributed by atoms with Crippen LogP contribution in [-0.4, -0.2) is 11.0 Å². The van der Waals surface area contributed by atoms with E-state index >= 15 is 0 Å². The number of hydrogen-bond donors (Lipinski definition) is 2. The van der Waals surface area contributed by atoms with Gasteiger partial charge in [-0.3, -0.25) is 10.1 Å². The Morgan fingerprint density at radius 2 is 1.56 bits per heavy atom. The van der Waals surface area contributed by atoms with Gasteiger partial charge in [0.15, 0.2) is 0 Å². The van der Waals surface area contributed by atoms with Gasteiger partial charge in [-0.1, -0.05) is 30.3 Å². The third-order valence-corrected chi connectivity index (χ3v) is 5.25. The molecule has 0 aliphatic heterocycles. The number of alkyl halides is 3. The molecule has 0 radical (unpaired) electrons. The highest BCUT2D eigenvalue weighted by atomic mass is 19.4. The maximum Gasteiger partial charge on any atom is 0.416 e. The molecule has 12 heteroatoms. The first-order valence-corrected chi connectivity index (χ1v) is 11.3. The first-order chi connectivity index (χ1) is 18.6. The first-order valence-electron chi connectivity index (χ1n) is 11.3. The van der Waals surface area contributed by atoms with Crippen molar-refractivity contribution in [2.45, 2.75) is 12.8 Å². The van der Waals surface area contributed by atoms with Gasteiger partial charge in [0.1, 0.15) is 23.9 Å². The highest BCUT2D eigenvalue weighted by Crippen LogP contribution is 2.34. The van der Waals surface area contributed by atoms with E-state index in [1.165, 1.54) is 42.5 Å².